The average molecular weight is 294 g/mol. The molecule has 5 nitrogen and oxygen atoms in total. The molecule has 0 aliphatic carbocycles. The number of carbonyl (C=O) groups is 2. The van der Waals surface area contributed by atoms with Gasteiger partial charge in [0.2, 0.25) is 5.91 Å². The number of carboxylic acid groups (broad SMARTS) is 1. The van der Waals surface area contributed by atoms with Crippen molar-refractivity contribution in [2.75, 3.05) is 13.1 Å². The lowest BCUT2D eigenvalue weighted by Gasteiger charge is -2.20. The van der Waals surface area contributed by atoms with Gasteiger partial charge in [-0.15, -0.1) is 0 Å². The fraction of sp³-hybridized carbons (Fsp3) is 0.467. The van der Waals surface area contributed by atoms with Crippen molar-refractivity contribution < 1.29 is 19.1 Å². The number of benzene rings is 1. The van der Waals surface area contributed by atoms with Crippen molar-refractivity contribution >= 4 is 12.0 Å². The highest BCUT2D eigenvalue weighted by molar-refractivity contribution is 5.85. The van der Waals surface area contributed by atoms with Gasteiger partial charge in [-0.3, -0.25) is 9.69 Å². The summed E-state index contributed by atoms with van der Waals surface area (Å²) in [4.78, 5) is 23.8. The fourth-order valence-electron chi connectivity index (χ4n) is 2.51. The Bertz CT molecular complexity index is 495. The summed E-state index contributed by atoms with van der Waals surface area (Å²) in [5.41, 5.74) is 1.18. The second-order valence-electron chi connectivity index (χ2n) is 5.16. The number of alkyl halides is 1. The Kier molecular flexibility index (Phi) is 5.14. The number of amides is 2. The molecule has 0 radical (unpaired) electrons. The zero-order valence-electron chi connectivity index (χ0n) is 11.7. The minimum Gasteiger partial charge on any atom is -0.465 e. The summed E-state index contributed by atoms with van der Waals surface area (Å²) in [6.45, 7) is 0.228. The number of nitrogens with zero attached hydrogens (tertiary/aromatic N) is 1. The second-order valence-corrected chi connectivity index (χ2v) is 5.16. The maximum Gasteiger partial charge on any atom is 0.408 e. The second kappa shape index (κ2) is 7.06. The smallest absolute Gasteiger partial charge is 0.408 e. The third-order valence-electron chi connectivity index (χ3n) is 3.58. The number of carbonyl (C=O) groups excluding carboxylic acids is 1. The molecule has 0 aromatic heterocycles. The molecule has 21 heavy (non-hydrogen) atoms. The lowest BCUT2D eigenvalue weighted by molar-refractivity contribution is -0.125. The van der Waals surface area contributed by atoms with Gasteiger partial charge in [-0.1, -0.05) is 30.3 Å². The van der Waals surface area contributed by atoms with Crippen LogP contribution in [0.4, 0.5) is 9.18 Å². The maximum atomic E-state index is 13.3. The average Bonchev–Trinajstić information content (AvgIpc) is 2.87. The van der Waals surface area contributed by atoms with Gasteiger partial charge in [0, 0.05) is 13.0 Å². The molecule has 2 N–H and O–H groups in total. The third-order valence-corrected chi connectivity index (χ3v) is 3.58. The zero-order chi connectivity index (χ0) is 15.2. The van der Waals surface area contributed by atoms with Crippen molar-refractivity contribution in [1.82, 2.24) is 10.2 Å². The van der Waals surface area contributed by atoms with Crippen LogP contribution in [0.1, 0.15) is 18.4 Å². The lowest BCUT2D eigenvalue weighted by atomic mass is 10.1. The molecule has 0 spiro atoms. The molecule has 1 aliphatic rings. The van der Waals surface area contributed by atoms with E-state index >= 15 is 0 Å². The monoisotopic (exact) mass is 294 g/mol. The van der Waals surface area contributed by atoms with Crippen LogP contribution < -0.4 is 5.32 Å². The summed E-state index contributed by atoms with van der Waals surface area (Å²) in [5.74, 6) is -0.411. The first-order chi connectivity index (χ1) is 10.1. The predicted octanol–water partition coefficient (Wildman–Crippen LogP) is 1.83. The predicted molar refractivity (Wildman–Crippen MR) is 75.8 cm³/mol. The van der Waals surface area contributed by atoms with Crippen LogP contribution in [0.15, 0.2) is 30.3 Å². The van der Waals surface area contributed by atoms with Gasteiger partial charge in [0.25, 0.3) is 0 Å². The van der Waals surface area contributed by atoms with E-state index in [9.17, 15) is 14.0 Å². The summed E-state index contributed by atoms with van der Waals surface area (Å²) in [6.07, 6.45) is -0.980. The van der Waals surface area contributed by atoms with Gasteiger partial charge in [0.1, 0.15) is 12.2 Å². The number of halogens is 1. The molecule has 2 atom stereocenters. The van der Waals surface area contributed by atoms with Crippen molar-refractivity contribution in [2.24, 2.45) is 0 Å². The maximum absolute atomic E-state index is 13.3. The summed E-state index contributed by atoms with van der Waals surface area (Å²) in [7, 11) is 0. The molecule has 1 heterocycles. The van der Waals surface area contributed by atoms with Crippen molar-refractivity contribution in [3.63, 3.8) is 0 Å². The third kappa shape index (κ3) is 4.18. The number of aryl methyl sites for hydroxylation is 1. The van der Waals surface area contributed by atoms with E-state index < -0.39 is 24.2 Å². The van der Waals surface area contributed by atoms with Gasteiger partial charge in [0.05, 0.1) is 6.54 Å². The van der Waals surface area contributed by atoms with Crippen LogP contribution in [0.5, 0.6) is 0 Å². The normalized spacial score (nSPS) is 21.3. The molecule has 6 heteroatoms. The fourth-order valence-corrected chi connectivity index (χ4v) is 2.51. The van der Waals surface area contributed by atoms with E-state index in [0.717, 1.165) is 17.7 Å². The van der Waals surface area contributed by atoms with Crippen LogP contribution in [0.2, 0.25) is 0 Å². The Morgan fingerprint density at radius 2 is 2.05 bits per heavy atom. The highest BCUT2D eigenvalue weighted by atomic mass is 19.1. The lowest BCUT2D eigenvalue weighted by Crippen LogP contribution is -2.45. The number of nitrogens with one attached hydrogen (secondary N) is 1. The first-order valence-corrected chi connectivity index (χ1v) is 7.03. The van der Waals surface area contributed by atoms with E-state index in [0.29, 0.717) is 6.54 Å². The minimum atomic E-state index is -1.26. The van der Waals surface area contributed by atoms with Crippen LogP contribution in [0.3, 0.4) is 0 Å². The largest absolute Gasteiger partial charge is 0.465 e. The van der Waals surface area contributed by atoms with Crippen LogP contribution in [0, 0.1) is 0 Å². The van der Waals surface area contributed by atoms with E-state index in [2.05, 4.69) is 5.32 Å². The van der Waals surface area contributed by atoms with Gasteiger partial charge in [-0.25, -0.2) is 9.18 Å². The van der Waals surface area contributed by atoms with Crippen molar-refractivity contribution in [1.29, 1.82) is 0 Å². The number of hydrogen-bond acceptors (Lipinski definition) is 2. The molecule has 114 valence electrons. The van der Waals surface area contributed by atoms with E-state index in [4.69, 9.17) is 5.11 Å². The molecular formula is C15H19FN2O3. The van der Waals surface area contributed by atoms with Gasteiger partial charge in [-0.2, -0.15) is 0 Å². The Balaban J connectivity index is 1.75. The Morgan fingerprint density at radius 1 is 1.33 bits per heavy atom. The molecule has 1 fully saturated rings. The molecule has 0 saturated carbocycles. The zero-order valence-corrected chi connectivity index (χ0v) is 11.7. The Hall–Kier alpha value is -2.11. The quantitative estimate of drug-likeness (QED) is 0.814. The van der Waals surface area contributed by atoms with E-state index in [-0.39, 0.29) is 13.0 Å². The number of hydrogen-bond donors (Lipinski definition) is 2. The topological polar surface area (TPSA) is 69.6 Å². The first-order valence-electron chi connectivity index (χ1n) is 7.03. The van der Waals surface area contributed by atoms with Crippen molar-refractivity contribution in [2.45, 2.75) is 31.5 Å². The summed E-state index contributed by atoms with van der Waals surface area (Å²) in [6, 6.07) is 8.97. The summed E-state index contributed by atoms with van der Waals surface area (Å²) in [5, 5.41) is 11.6. The highest BCUT2D eigenvalue weighted by Gasteiger charge is 2.39. The molecule has 0 bridgehead atoms. The van der Waals surface area contributed by atoms with Crippen LogP contribution in [0.25, 0.3) is 0 Å². The number of likely N-dealkylation sites (tertiary alicyclic amines) is 1. The molecule has 1 aromatic rings. The molecule has 0 unspecified atom stereocenters. The van der Waals surface area contributed by atoms with Crippen LogP contribution >= 0.6 is 0 Å². The molecule has 1 saturated heterocycles. The van der Waals surface area contributed by atoms with E-state index in [1.807, 2.05) is 30.3 Å². The van der Waals surface area contributed by atoms with E-state index in [1.165, 1.54) is 5.56 Å². The molecule has 2 amide bonds. The standard InChI is InChI=1S/C15H19FN2O3/c16-12-9-13(18(10-12)15(20)21)14(19)17-8-4-7-11-5-2-1-3-6-11/h1-3,5-6,12-13H,4,7-10H2,(H,17,19)(H,20,21)/t12-,13+/m1/s1. The van der Waals surface area contributed by atoms with Gasteiger partial charge < -0.3 is 10.4 Å². The summed E-state index contributed by atoms with van der Waals surface area (Å²) >= 11 is 0. The Labute approximate surface area is 122 Å². The van der Waals surface area contributed by atoms with E-state index in [1.54, 1.807) is 0 Å². The highest BCUT2D eigenvalue weighted by Crippen LogP contribution is 2.20. The van der Waals surface area contributed by atoms with Gasteiger partial charge >= 0.3 is 6.09 Å². The Morgan fingerprint density at radius 3 is 2.71 bits per heavy atom. The first kappa shape index (κ1) is 15.3. The van der Waals surface area contributed by atoms with Gasteiger partial charge in [0.15, 0.2) is 0 Å². The molecule has 2 rings (SSSR count). The molecular weight excluding hydrogens is 275 g/mol. The van der Waals surface area contributed by atoms with Crippen LogP contribution in [-0.2, 0) is 11.2 Å². The molecule has 1 aromatic carbocycles. The van der Waals surface area contributed by atoms with Crippen molar-refractivity contribution in [3.8, 4) is 0 Å². The minimum absolute atomic E-state index is 0.0587. The van der Waals surface area contributed by atoms with Gasteiger partial charge in [-0.05, 0) is 18.4 Å². The summed E-state index contributed by atoms with van der Waals surface area (Å²) < 4.78 is 13.3. The van der Waals surface area contributed by atoms with Crippen molar-refractivity contribution in [3.05, 3.63) is 35.9 Å². The van der Waals surface area contributed by atoms with Crippen LogP contribution in [-0.4, -0.2) is 47.3 Å². The number of rotatable bonds is 5. The SMILES string of the molecule is O=C(NCCCc1ccccc1)[C@@H]1C[C@@H](F)CN1C(=O)O. The molecule has 1 aliphatic heterocycles.